The van der Waals surface area contributed by atoms with Crippen LogP contribution in [0, 0.1) is 0 Å². The van der Waals surface area contributed by atoms with E-state index in [1.807, 2.05) is 6.07 Å². The average Bonchev–Trinajstić information content (AvgIpc) is 2.48. The van der Waals surface area contributed by atoms with E-state index >= 15 is 0 Å². The van der Waals surface area contributed by atoms with Gasteiger partial charge in [-0.15, -0.1) is 0 Å². The van der Waals surface area contributed by atoms with Crippen molar-refractivity contribution in [1.29, 1.82) is 0 Å². The van der Waals surface area contributed by atoms with Gasteiger partial charge in [-0.05, 0) is 30.3 Å². The normalized spacial score (nSPS) is 9.90. The molecule has 0 heterocycles. The maximum Gasteiger partial charge on any atom is 0.253 e. The molecule has 5 N–H and O–H groups in total. The number of carbonyl (C=O) groups excluding carboxylic acids is 2. The zero-order valence-electron chi connectivity index (χ0n) is 11.2. The van der Waals surface area contributed by atoms with Gasteiger partial charge in [-0.1, -0.05) is 18.2 Å². The molecule has 0 aliphatic carbocycles. The summed E-state index contributed by atoms with van der Waals surface area (Å²) in [5, 5.41) is 14.4. The molecule has 0 aliphatic rings. The van der Waals surface area contributed by atoms with Crippen molar-refractivity contribution in [3.8, 4) is 5.75 Å². The van der Waals surface area contributed by atoms with E-state index in [2.05, 4.69) is 10.6 Å². The molecule has 2 aromatic carbocycles. The number of anilines is 2. The highest BCUT2D eigenvalue weighted by Crippen LogP contribution is 2.18. The maximum absolute atomic E-state index is 11.9. The molecule has 6 nitrogen and oxygen atoms in total. The third-order valence-corrected chi connectivity index (χ3v) is 2.75. The van der Waals surface area contributed by atoms with Crippen LogP contribution in [0.15, 0.2) is 48.5 Å². The quantitative estimate of drug-likeness (QED) is 0.502. The molecule has 0 atom stereocenters. The van der Waals surface area contributed by atoms with E-state index in [1.165, 1.54) is 18.2 Å². The molecule has 0 aromatic heterocycles. The number of rotatable bonds is 4. The molecule has 0 radical (unpaired) electrons. The summed E-state index contributed by atoms with van der Waals surface area (Å²) in [5.41, 5.74) is 6.65. The number of aromatic hydroxyl groups is 1. The van der Waals surface area contributed by atoms with Crippen LogP contribution in [0.4, 0.5) is 11.4 Å². The summed E-state index contributed by atoms with van der Waals surface area (Å²) in [4.78, 5) is 23.6. The van der Waals surface area contributed by atoms with Gasteiger partial charge >= 0.3 is 0 Å². The summed E-state index contributed by atoms with van der Waals surface area (Å²) >= 11 is 0. The number of para-hydroxylation sites is 1. The summed E-state index contributed by atoms with van der Waals surface area (Å²) in [6, 6.07) is 13.0. The highest BCUT2D eigenvalue weighted by Gasteiger charge is 2.12. The van der Waals surface area contributed by atoms with Gasteiger partial charge in [-0.3, -0.25) is 9.59 Å². The number of hydrogen-bond donors (Lipinski definition) is 4. The van der Waals surface area contributed by atoms with Crippen LogP contribution < -0.4 is 16.4 Å². The molecule has 2 amide bonds. The number of hydrogen-bond acceptors (Lipinski definition) is 4. The number of phenols is 1. The van der Waals surface area contributed by atoms with Gasteiger partial charge in [0.25, 0.3) is 5.91 Å². The molecule has 0 saturated heterocycles. The molecule has 108 valence electrons. The summed E-state index contributed by atoms with van der Waals surface area (Å²) in [6.07, 6.45) is 0. The van der Waals surface area contributed by atoms with Gasteiger partial charge in [0.1, 0.15) is 5.75 Å². The molecule has 0 saturated carbocycles. The molecule has 2 rings (SSSR count). The molecular weight excluding hydrogens is 270 g/mol. The predicted molar refractivity (Wildman–Crippen MR) is 79.9 cm³/mol. The Hall–Kier alpha value is -3.02. The summed E-state index contributed by atoms with van der Waals surface area (Å²) in [7, 11) is 0. The standard InChI is InChI=1S/C15H15N3O3/c16-13-7-6-11(19)8-12(13)15(21)17-9-14(20)18-10-4-2-1-3-5-10/h1-8,19H,9,16H2,(H,17,21)(H,18,20). The molecule has 0 bridgehead atoms. The summed E-state index contributed by atoms with van der Waals surface area (Å²) < 4.78 is 0. The number of nitrogens with two attached hydrogens (primary N) is 1. The first-order valence-electron chi connectivity index (χ1n) is 6.28. The Balaban J connectivity index is 1.92. The minimum atomic E-state index is -0.522. The fraction of sp³-hybridized carbons (Fsp3) is 0.0667. The zero-order valence-corrected chi connectivity index (χ0v) is 11.2. The molecule has 0 fully saturated rings. The van der Waals surface area contributed by atoms with Crippen molar-refractivity contribution in [2.75, 3.05) is 17.6 Å². The lowest BCUT2D eigenvalue weighted by Gasteiger charge is -2.08. The SMILES string of the molecule is Nc1ccc(O)cc1C(=O)NCC(=O)Nc1ccccc1. The van der Waals surface area contributed by atoms with Gasteiger partial charge in [-0.2, -0.15) is 0 Å². The molecule has 21 heavy (non-hydrogen) atoms. The number of benzene rings is 2. The molecule has 2 aromatic rings. The van der Waals surface area contributed by atoms with Crippen molar-refractivity contribution in [3.05, 3.63) is 54.1 Å². The van der Waals surface area contributed by atoms with E-state index in [-0.39, 0.29) is 29.5 Å². The summed E-state index contributed by atoms with van der Waals surface area (Å²) in [5.74, 6) is -0.942. The third-order valence-electron chi connectivity index (χ3n) is 2.75. The number of carbonyl (C=O) groups is 2. The number of amides is 2. The van der Waals surface area contributed by atoms with Crippen LogP contribution in [0.3, 0.4) is 0 Å². The van der Waals surface area contributed by atoms with E-state index < -0.39 is 5.91 Å². The fourth-order valence-electron chi connectivity index (χ4n) is 1.72. The van der Waals surface area contributed by atoms with E-state index in [0.29, 0.717) is 5.69 Å². The molecule has 0 spiro atoms. The maximum atomic E-state index is 11.9. The van der Waals surface area contributed by atoms with Crippen LogP contribution in [0.5, 0.6) is 5.75 Å². The number of nitrogens with one attached hydrogen (secondary N) is 2. The summed E-state index contributed by atoms with van der Waals surface area (Å²) in [6.45, 7) is -0.192. The Bertz CT molecular complexity index is 656. The highest BCUT2D eigenvalue weighted by atomic mass is 16.3. The lowest BCUT2D eigenvalue weighted by molar-refractivity contribution is -0.115. The van der Waals surface area contributed by atoms with Crippen molar-refractivity contribution in [2.24, 2.45) is 0 Å². The van der Waals surface area contributed by atoms with Gasteiger partial charge in [-0.25, -0.2) is 0 Å². The minimum absolute atomic E-state index is 0.0666. The fourth-order valence-corrected chi connectivity index (χ4v) is 1.72. The van der Waals surface area contributed by atoms with Crippen LogP contribution in [0.2, 0.25) is 0 Å². The second-order valence-electron chi connectivity index (χ2n) is 4.37. The van der Waals surface area contributed by atoms with Crippen molar-refractivity contribution in [3.63, 3.8) is 0 Å². The van der Waals surface area contributed by atoms with Crippen molar-refractivity contribution < 1.29 is 14.7 Å². The van der Waals surface area contributed by atoms with Gasteiger partial charge in [0.15, 0.2) is 0 Å². The van der Waals surface area contributed by atoms with Crippen LogP contribution >= 0.6 is 0 Å². The van der Waals surface area contributed by atoms with Gasteiger partial charge in [0, 0.05) is 11.4 Å². The second kappa shape index (κ2) is 6.42. The van der Waals surface area contributed by atoms with E-state index in [9.17, 15) is 14.7 Å². The van der Waals surface area contributed by atoms with Crippen molar-refractivity contribution in [2.45, 2.75) is 0 Å². The van der Waals surface area contributed by atoms with E-state index in [4.69, 9.17) is 5.73 Å². The Morgan fingerprint density at radius 3 is 2.52 bits per heavy atom. The number of nitrogen functional groups attached to an aromatic ring is 1. The Morgan fingerprint density at radius 2 is 1.81 bits per heavy atom. The van der Waals surface area contributed by atoms with Gasteiger partial charge in [0.05, 0.1) is 12.1 Å². The topological polar surface area (TPSA) is 104 Å². The number of phenolic OH excluding ortho intramolecular Hbond substituents is 1. The van der Waals surface area contributed by atoms with Crippen molar-refractivity contribution >= 4 is 23.2 Å². The van der Waals surface area contributed by atoms with Gasteiger partial charge < -0.3 is 21.5 Å². The first kappa shape index (κ1) is 14.4. The van der Waals surface area contributed by atoms with Crippen LogP contribution in [-0.4, -0.2) is 23.5 Å². The van der Waals surface area contributed by atoms with Gasteiger partial charge in [0.2, 0.25) is 5.91 Å². The first-order chi connectivity index (χ1) is 10.1. The average molecular weight is 285 g/mol. The Labute approximate surface area is 121 Å². The predicted octanol–water partition coefficient (Wildman–Crippen LogP) is 1.34. The van der Waals surface area contributed by atoms with Crippen LogP contribution in [0.1, 0.15) is 10.4 Å². The first-order valence-corrected chi connectivity index (χ1v) is 6.28. The lowest BCUT2D eigenvalue weighted by Crippen LogP contribution is -2.33. The Kier molecular flexibility index (Phi) is 4.40. The zero-order chi connectivity index (χ0) is 15.2. The molecule has 0 aliphatic heterocycles. The minimum Gasteiger partial charge on any atom is -0.508 e. The third kappa shape index (κ3) is 3.97. The van der Waals surface area contributed by atoms with Crippen LogP contribution in [-0.2, 0) is 4.79 Å². The van der Waals surface area contributed by atoms with E-state index in [0.717, 1.165) is 0 Å². The smallest absolute Gasteiger partial charge is 0.253 e. The monoisotopic (exact) mass is 285 g/mol. The molecular formula is C15H15N3O3. The second-order valence-corrected chi connectivity index (χ2v) is 4.37. The van der Waals surface area contributed by atoms with E-state index in [1.54, 1.807) is 24.3 Å². The van der Waals surface area contributed by atoms with Crippen LogP contribution in [0.25, 0.3) is 0 Å². The largest absolute Gasteiger partial charge is 0.508 e. The molecule has 6 heteroatoms. The van der Waals surface area contributed by atoms with Crippen molar-refractivity contribution in [1.82, 2.24) is 5.32 Å². The highest BCUT2D eigenvalue weighted by molar-refractivity contribution is 6.02. The molecule has 0 unspecified atom stereocenters. The lowest BCUT2D eigenvalue weighted by atomic mass is 10.1. The Morgan fingerprint density at radius 1 is 1.10 bits per heavy atom.